The Hall–Kier alpha value is -3.10. The molecule has 0 saturated carbocycles. The fourth-order valence-corrected chi connectivity index (χ4v) is 2.66. The Balaban J connectivity index is 2.10. The van der Waals surface area contributed by atoms with Gasteiger partial charge in [0.05, 0.1) is 24.2 Å². The molecular weight excluding hydrogens is 362 g/mol. The maximum Gasteiger partial charge on any atom is 0.325 e. The Morgan fingerprint density at radius 1 is 1.29 bits per heavy atom. The third-order valence-corrected chi connectivity index (χ3v) is 4.07. The highest BCUT2D eigenvalue weighted by Gasteiger charge is 2.16. The number of rotatable bonds is 7. The van der Waals surface area contributed by atoms with Crippen LogP contribution < -0.4 is 10.6 Å². The van der Waals surface area contributed by atoms with Crippen LogP contribution in [-0.2, 0) is 23.1 Å². The number of ether oxygens (including phenoxy) is 1. The van der Waals surface area contributed by atoms with Gasteiger partial charge in [0, 0.05) is 25.7 Å². The molecule has 0 bridgehead atoms. The fraction of sp³-hybridized carbons (Fsp3) is 0.474. The Bertz CT molecular complexity index is 875. The Morgan fingerprint density at radius 2 is 2.00 bits per heavy atom. The number of esters is 1. The molecule has 0 spiro atoms. The van der Waals surface area contributed by atoms with Crippen LogP contribution in [0.2, 0.25) is 0 Å². The number of nitrogens with one attached hydrogen (secondary N) is 2. The Labute approximate surface area is 164 Å². The summed E-state index contributed by atoms with van der Waals surface area (Å²) in [5, 5.41) is 5.36. The number of imidazole rings is 1. The zero-order valence-corrected chi connectivity index (χ0v) is 16.9. The zero-order valence-electron chi connectivity index (χ0n) is 16.9. The predicted molar refractivity (Wildman–Crippen MR) is 105 cm³/mol. The number of urea groups is 1. The van der Waals surface area contributed by atoms with E-state index in [1.54, 1.807) is 26.1 Å². The molecule has 0 aliphatic rings. The van der Waals surface area contributed by atoms with Crippen LogP contribution in [0.4, 0.5) is 4.79 Å². The SMILES string of the molecule is CCOC(=O)CNC(=O)N(C)Cc1nc2cc(C(=O)NC(C)C)ccc2n1C. The molecule has 0 saturated heterocycles. The molecule has 152 valence electrons. The number of hydrogen-bond donors (Lipinski definition) is 2. The van der Waals surface area contributed by atoms with E-state index in [2.05, 4.69) is 15.6 Å². The highest BCUT2D eigenvalue weighted by molar-refractivity contribution is 5.97. The van der Waals surface area contributed by atoms with Gasteiger partial charge in [-0.25, -0.2) is 9.78 Å². The van der Waals surface area contributed by atoms with Crippen molar-refractivity contribution >= 4 is 28.9 Å². The molecular formula is C19H27N5O4. The minimum Gasteiger partial charge on any atom is -0.465 e. The van der Waals surface area contributed by atoms with E-state index in [4.69, 9.17) is 4.74 Å². The van der Waals surface area contributed by atoms with Crippen LogP contribution in [0.15, 0.2) is 18.2 Å². The number of benzene rings is 1. The van der Waals surface area contributed by atoms with Gasteiger partial charge in [-0.3, -0.25) is 9.59 Å². The van der Waals surface area contributed by atoms with Crippen molar-refractivity contribution < 1.29 is 19.1 Å². The number of amides is 3. The van der Waals surface area contributed by atoms with Crippen LogP contribution in [0.1, 0.15) is 37.0 Å². The summed E-state index contributed by atoms with van der Waals surface area (Å²) >= 11 is 0. The van der Waals surface area contributed by atoms with Crippen molar-refractivity contribution in [1.29, 1.82) is 0 Å². The van der Waals surface area contributed by atoms with Crippen LogP contribution in [0.3, 0.4) is 0 Å². The first-order valence-electron chi connectivity index (χ1n) is 9.13. The second-order valence-electron chi connectivity index (χ2n) is 6.74. The average molecular weight is 389 g/mol. The summed E-state index contributed by atoms with van der Waals surface area (Å²) in [6.45, 7) is 5.83. The van der Waals surface area contributed by atoms with Gasteiger partial charge in [-0.05, 0) is 39.0 Å². The number of nitrogens with zero attached hydrogens (tertiary/aromatic N) is 3. The van der Waals surface area contributed by atoms with Crippen LogP contribution in [0, 0.1) is 0 Å². The van der Waals surface area contributed by atoms with E-state index in [1.165, 1.54) is 4.90 Å². The molecule has 0 aliphatic carbocycles. The highest BCUT2D eigenvalue weighted by atomic mass is 16.5. The number of aryl methyl sites for hydroxylation is 1. The zero-order chi connectivity index (χ0) is 20.8. The molecule has 0 unspecified atom stereocenters. The summed E-state index contributed by atoms with van der Waals surface area (Å²) in [4.78, 5) is 41.7. The van der Waals surface area contributed by atoms with Crippen molar-refractivity contribution in [3.8, 4) is 0 Å². The minimum absolute atomic E-state index is 0.0456. The van der Waals surface area contributed by atoms with Crippen molar-refractivity contribution in [2.75, 3.05) is 20.2 Å². The maximum atomic E-state index is 12.2. The van der Waals surface area contributed by atoms with Crippen molar-refractivity contribution in [2.24, 2.45) is 7.05 Å². The molecule has 2 aromatic rings. The van der Waals surface area contributed by atoms with E-state index in [0.29, 0.717) is 16.9 Å². The van der Waals surface area contributed by atoms with E-state index in [1.807, 2.05) is 31.5 Å². The van der Waals surface area contributed by atoms with Gasteiger partial charge in [0.2, 0.25) is 0 Å². The first-order chi connectivity index (χ1) is 13.2. The van der Waals surface area contributed by atoms with Gasteiger partial charge in [0.25, 0.3) is 5.91 Å². The van der Waals surface area contributed by atoms with Gasteiger partial charge >= 0.3 is 12.0 Å². The lowest BCUT2D eigenvalue weighted by molar-refractivity contribution is -0.141. The van der Waals surface area contributed by atoms with Crippen LogP contribution in [0.25, 0.3) is 11.0 Å². The van der Waals surface area contributed by atoms with Gasteiger partial charge in [-0.2, -0.15) is 0 Å². The van der Waals surface area contributed by atoms with E-state index in [-0.39, 0.29) is 31.6 Å². The van der Waals surface area contributed by atoms with Crippen molar-refractivity contribution in [3.63, 3.8) is 0 Å². The molecule has 0 aliphatic heterocycles. The quantitative estimate of drug-likeness (QED) is 0.697. The summed E-state index contributed by atoms with van der Waals surface area (Å²) in [6.07, 6.45) is 0. The van der Waals surface area contributed by atoms with Gasteiger partial charge in [-0.15, -0.1) is 0 Å². The molecule has 0 radical (unpaired) electrons. The summed E-state index contributed by atoms with van der Waals surface area (Å²) in [5.41, 5.74) is 2.07. The number of aromatic nitrogens is 2. The molecule has 1 aromatic heterocycles. The molecule has 1 heterocycles. The second kappa shape index (κ2) is 9.20. The first kappa shape index (κ1) is 21.2. The summed E-state index contributed by atoms with van der Waals surface area (Å²) < 4.78 is 6.65. The average Bonchev–Trinajstić information content (AvgIpc) is 2.94. The molecule has 1 aromatic carbocycles. The van der Waals surface area contributed by atoms with Gasteiger partial charge in [-0.1, -0.05) is 0 Å². The lowest BCUT2D eigenvalue weighted by atomic mass is 10.2. The van der Waals surface area contributed by atoms with Crippen LogP contribution >= 0.6 is 0 Å². The molecule has 0 atom stereocenters. The predicted octanol–water partition coefficient (Wildman–Crippen LogP) is 1.42. The molecule has 9 heteroatoms. The molecule has 2 rings (SSSR count). The van der Waals surface area contributed by atoms with Crippen LogP contribution in [0.5, 0.6) is 0 Å². The van der Waals surface area contributed by atoms with Crippen molar-refractivity contribution in [1.82, 2.24) is 25.1 Å². The van der Waals surface area contributed by atoms with E-state index >= 15 is 0 Å². The molecule has 28 heavy (non-hydrogen) atoms. The minimum atomic E-state index is -0.487. The molecule has 2 N–H and O–H groups in total. The van der Waals surface area contributed by atoms with E-state index in [9.17, 15) is 14.4 Å². The molecule has 0 fully saturated rings. The van der Waals surface area contributed by atoms with E-state index < -0.39 is 12.0 Å². The smallest absolute Gasteiger partial charge is 0.325 e. The van der Waals surface area contributed by atoms with Crippen molar-refractivity contribution in [3.05, 3.63) is 29.6 Å². The number of carbonyl (C=O) groups excluding carboxylic acids is 3. The summed E-state index contributed by atoms with van der Waals surface area (Å²) in [6, 6.07) is 4.96. The molecule has 9 nitrogen and oxygen atoms in total. The Morgan fingerprint density at radius 3 is 2.64 bits per heavy atom. The van der Waals surface area contributed by atoms with Gasteiger partial charge in [0.1, 0.15) is 12.4 Å². The van der Waals surface area contributed by atoms with E-state index in [0.717, 1.165) is 5.52 Å². The fourth-order valence-electron chi connectivity index (χ4n) is 2.66. The monoisotopic (exact) mass is 389 g/mol. The van der Waals surface area contributed by atoms with Crippen LogP contribution in [-0.4, -0.2) is 58.6 Å². The number of carbonyl (C=O) groups is 3. The number of fused-ring (bicyclic) bond motifs is 1. The standard InChI is InChI=1S/C19H27N5O4/c1-6-28-17(25)10-20-19(27)23(4)11-16-22-14-9-13(18(26)21-12(2)3)7-8-15(14)24(16)5/h7-9,12H,6,10-11H2,1-5H3,(H,20,27)(H,21,26). The summed E-state index contributed by atoms with van der Waals surface area (Å²) in [7, 11) is 3.46. The Kier molecular flexibility index (Phi) is 6.97. The van der Waals surface area contributed by atoms with Gasteiger partial charge in [0.15, 0.2) is 0 Å². The molecule has 3 amide bonds. The third kappa shape index (κ3) is 5.21. The number of hydrogen-bond acceptors (Lipinski definition) is 5. The van der Waals surface area contributed by atoms with Crippen molar-refractivity contribution in [2.45, 2.75) is 33.4 Å². The lowest BCUT2D eigenvalue weighted by Crippen LogP contribution is -2.40. The third-order valence-electron chi connectivity index (χ3n) is 4.07. The topological polar surface area (TPSA) is 106 Å². The first-order valence-corrected chi connectivity index (χ1v) is 9.13. The van der Waals surface area contributed by atoms with Gasteiger partial charge < -0.3 is 24.8 Å². The highest BCUT2D eigenvalue weighted by Crippen LogP contribution is 2.18. The second-order valence-corrected chi connectivity index (χ2v) is 6.74. The maximum absolute atomic E-state index is 12.2. The largest absolute Gasteiger partial charge is 0.465 e. The lowest BCUT2D eigenvalue weighted by Gasteiger charge is -2.17. The normalized spacial score (nSPS) is 10.8. The summed E-state index contributed by atoms with van der Waals surface area (Å²) in [5.74, 6) is 0.0175.